The molecule has 0 bridgehead atoms. The summed E-state index contributed by atoms with van der Waals surface area (Å²) in [5.74, 6) is 0.813. The molecule has 8 heteroatoms. The number of carbonyl (C=O) groups excluding carboxylic acids is 2. The SMILES string of the molecule is CC(C)CNC(=O)[C@H](Cc1ccccc1)N(Cc1cccc(Cl)c1)C(=O)CSCc1ccc(Cl)c(Cl)c1. The van der Waals surface area contributed by atoms with E-state index in [0.717, 1.165) is 16.7 Å². The molecule has 3 aromatic carbocycles. The zero-order chi connectivity index (χ0) is 26.8. The van der Waals surface area contributed by atoms with Crippen LogP contribution in [0.15, 0.2) is 72.8 Å². The highest BCUT2D eigenvalue weighted by Crippen LogP contribution is 2.25. The van der Waals surface area contributed by atoms with Gasteiger partial charge in [-0.05, 0) is 46.9 Å². The number of rotatable bonds is 12. The minimum absolute atomic E-state index is 0.120. The molecule has 3 rings (SSSR count). The average molecular weight is 578 g/mol. The third-order valence-electron chi connectivity index (χ3n) is 5.68. The Balaban J connectivity index is 1.84. The molecular weight excluding hydrogens is 547 g/mol. The van der Waals surface area contributed by atoms with Gasteiger partial charge in [0, 0.05) is 30.3 Å². The van der Waals surface area contributed by atoms with Gasteiger partial charge in [-0.1, -0.05) is 97.2 Å². The molecule has 0 spiro atoms. The first-order chi connectivity index (χ1) is 17.7. The minimum atomic E-state index is -0.668. The number of benzene rings is 3. The van der Waals surface area contributed by atoms with Crippen LogP contribution in [0.2, 0.25) is 15.1 Å². The van der Waals surface area contributed by atoms with Crippen molar-refractivity contribution in [2.45, 2.75) is 38.6 Å². The fraction of sp³-hybridized carbons (Fsp3) is 0.310. The van der Waals surface area contributed by atoms with Crippen molar-refractivity contribution in [1.29, 1.82) is 0 Å². The molecule has 0 heterocycles. The average Bonchev–Trinajstić information content (AvgIpc) is 2.87. The molecule has 0 aromatic heterocycles. The third kappa shape index (κ3) is 9.57. The summed E-state index contributed by atoms with van der Waals surface area (Å²) < 4.78 is 0. The van der Waals surface area contributed by atoms with Crippen molar-refractivity contribution < 1.29 is 9.59 Å². The van der Waals surface area contributed by atoms with E-state index in [9.17, 15) is 9.59 Å². The number of amides is 2. The van der Waals surface area contributed by atoms with Gasteiger partial charge in [0.1, 0.15) is 6.04 Å². The highest BCUT2D eigenvalue weighted by atomic mass is 35.5. The molecule has 0 saturated heterocycles. The predicted molar refractivity (Wildman–Crippen MR) is 156 cm³/mol. The molecule has 196 valence electrons. The Morgan fingerprint density at radius 1 is 0.865 bits per heavy atom. The second-order valence-corrected chi connectivity index (χ2v) is 11.5. The standard InChI is InChI=1S/C29H31Cl3N2O2S/c1-20(2)16-33-29(36)27(15-21-7-4-3-5-8-21)34(17-22-9-6-10-24(30)13-22)28(35)19-37-18-23-11-12-25(31)26(32)14-23/h3-14,20,27H,15-19H2,1-2H3,(H,33,36)/t27-/m0/s1. The van der Waals surface area contributed by atoms with Crippen LogP contribution in [0.1, 0.15) is 30.5 Å². The molecule has 37 heavy (non-hydrogen) atoms. The van der Waals surface area contributed by atoms with Crippen LogP contribution in [0.5, 0.6) is 0 Å². The van der Waals surface area contributed by atoms with Gasteiger partial charge in [0.2, 0.25) is 11.8 Å². The van der Waals surface area contributed by atoms with Gasteiger partial charge in [-0.3, -0.25) is 9.59 Å². The van der Waals surface area contributed by atoms with Gasteiger partial charge in [-0.2, -0.15) is 0 Å². The summed E-state index contributed by atoms with van der Waals surface area (Å²) in [6.07, 6.45) is 0.411. The van der Waals surface area contributed by atoms with Crippen molar-refractivity contribution in [3.05, 3.63) is 105 Å². The molecular formula is C29H31Cl3N2O2S. The summed E-state index contributed by atoms with van der Waals surface area (Å²) in [5.41, 5.74) is 2.83. The van der Waals surface area contributed by atoms with Crippen molar-refractivity contribution in [1.82, 2.24) is 10.2 Å². The lowest BCUT2D eigenvalue weighted by Crippen LogP contribution is -2.51. The molecule has 4 nitrogen and oxygen atoms in total. The van der Waals surface area contributed by atoms with Crippen LogP contribution >= 0.6 is 46.6 Å². The highest BCUT2D eigenvalue weighted by molar-refractivity contribution is 7.99. The largest absolute Gasteiger partial charge is 0.354 e. The fourth-order valence-corrected chi connectivity index (χ4v) is 5.17. The quantitative estimate of drug-likeness (QED) is 0.246. The maximum absolute atomic E-state index is 13.7. The Labute approximate surface area is 238 Å². The Kier molecular flexibility index (Phi) is 11.7. The predicted octanol–water partition coefficient (Wildman–Crippen LogP) is 7.29. The van der Waals surface area contributed by atoms with E-state index < -0.39 is 6.04 Å². The summed E-state index contributed by atoms with van der Waals surface area (Å²) in [4.78, 5) is 28.8. The molecule has 1 N–H and O–H groups in total. The molecule has 0 aliphatic carbocycles. The maximum atomic E-state index is 13.7. The zero-order valence-corrected chi connectivity index (χ0v) is 24.0. The lowest BCUT2D eigenvalue weighted by molar-refractivity contribution is -0.139. The van der Waals surface area contributed by atoms with Crippen molar-refractivity contribution in [3.63, 3.8) is 0 Å². The zero-order valence-electron chi connectivity index (χ0n) is 20.9. The van der Waals surface area contributed by atoms with E-state index in [4.69, 9.17) is 34.8 Å². The Hall–Kier alpha value is -2.18. The second-order valence-electron chi connectivity index (χ2n) is 9.24. The number of thioether (sulfide) groups is 1. The van der Waals surface area contributed by atoms with E-state index in [2.05, 4.69) is 5.32 Å². The third-order valence-corrected chi connectivity index (χ3v) is 7.64. The number of halogens is 3. The topological polar surface area (TPSA) is 49.4 Å². The molecule has 2 amide bonds. The molecule has 3 aromatic rings. The normalized spacial score (nSPS) is 11.8. The Bertz CT molecular complexity index is 1190. The first-order valence-electron chi connectivity index (χ1n) is 12.1. The highest BCUT2D eigenvalue weighted by Gasteiger charge is 2.30. The first-order valence-corrected chi connectivity index (χ1v) is 14.4. The molecule has 0 radical (unpaired) electrons. The van der Waals surface area contributed by atoms with E-state index in [1.165, 1.54) is 11.8 Å². The summed E-state index contributed by atoms with van der Waals surface area (Å²) in [6.45, 7) is 4.90. The molecule has 0 aliphatic heterocycles. The summed E-state index contributed by atoms with van der Waals surface area (Å²) in [5, 5.41) is 4.60. The van der Waals surface area contributed by atoms with Crippen LogP contribution < -0.4 is 5.32 Å². The number of nitrogens with zero attached hydrogens (tertiary/aromatic N) is 1. The minimum Gasteiger partial charge on any atom is -0.354 e. The van der Waals surface area contributed by atoms with Crippen LogP contribution in [0.4, 0.5) is 0 Å². The van der Waals surface area contributed by atoms with Crippen molar-refractivity contribution in [2.24, 2.45) is 5.92 Å². The van der Waals surface area contributed by atoms with Crippen LogP contribution in [-0.4, -0.2) is 35.1 Å². The number of hydrogen-bond donors (Lipinski definition) is 1. The summed E-state index contributed by atoms with van der Waals surface area (Å²) in [7, 11) is 0. The summed E-state index contributed by atoms with van der Waals surface area (Å²) in [6, 6.07) is 21.9. The van der Waals surface area contributed by atoms with E-state index in [1.54, 1.807) is 17.0 Å². The van der Waals surface area contributed by atoms with Crippen molar-refractivity contribution in [3.8, 4) is 0 Å². The van der Waals surface area contributed by atoms with Gasteiger partial charge < -0.3 is 10.2 Å². The van der Waals surface area contributed by atoms with Gasteiger partial charge in [-0.15, -0.1) is 11.8 Å². The Morgan fingerprint density at radius 3 is 2.27 bits per heavy atom. The van der Waals surface area contributed by atoms with Gasteiger partial charge >= 0.3 is 0 Å². The van der Waals surface area contributed by atoms with Crippen molar-refractivity contribution in [2.75, 3.05) is 12.3 Å². The van der Waals surface area contributed by atoms with E-state index in [1.807, 2.05) is 74.5 Å². The van der Waals surface area contributed by atoms with E-state index in [0.29, 0.717) is 39.7 Å². The van der Waals surface area contributed by atoms with E-state index >= 15 is 0 Å². The smallest absolute Gasteiger partial charge is 0.243 e. The number of hydrogen-bond acceptors (Lipinski definition) is 3. The molecule has 0 saturated carbocycles. The van der Waals surface area contributed by atoms with Gasteiger partial charge in [0.25, 0.3) is 0 Å². The molecule has 0 unspecified atom stereocenters. The van der Waals surface area contributed by atoms with Crippen LogP contribution in [0, 0.1) is 5.92 Å². The van der Waals surface area contributed by atoms with E-state index in [-0.39, 0.29) is 24.1 Å². The van der Waals surface area contributed by atoms with Gasteiger partial charge in [-0.25, -0.2) is 0 Å². The van der Waals surface area contributed by atoms with Crippen molar-refractivity contribution >= 4 is 58.4 Å². The number of carbonyl (C=O) groups is 2. The first kappa shape index (κ1) is 29.4. The van der Waals surface area contributed by atoms with Crippen LogP contribution in [0.3, 0.4) is 0 Å². The van der Waals surface area contributed by atoms with Crippen LogP contribution in [0.25, 0.3) is 0 Å². The molecule has 0 fully saturated rings. The maximum Gasteiger partial charge on any atom is 0.243 e. The second kappa shape index (κ2) is 14.7. The monoisotopic (exact) mass is 576 g/mol. The lowest BCUT2D eigenvalue weighted by atomic mass is 10.0. The molecule has 0 aliphatic rings. The fourth-order valence-electron chi connectivity index (χ4n) is 3.78. The lowest BCUT2D eigenvalue weighted by Gasteiger charge is -2.32. The van der Waals surface area contributed by atoms with Gasteiger partial charge in [0.15, 0.2) is 0 Å². The van der Waals surface area contributed by atoms with Crippen LogP contribution in [-0.2, 0) is 28.3 Å². The number of nitrogens with one attached hydrogen (secondary N) is 1. The molecule has 1 atom stereocenters. The summed E-state index contributed by atoms with van der Waals surface area (Å²) >= 11 is 19.9. The Morgan fingerprint density at radius 2 is 1.59 bits per heavy atom. The van der Waals surface area contributed by atoms with Gasteiger partial charge in [0.05, 0.1) is 15.8 Å².